The first-order valence-corrected chi connectivity index (χ1v) is 6.54. The van der Waals surface area contributed by atoms with Gasteiger partial charge in [-0.05, 0) is 45.0 Å². The van der Waals surface area contributed by atoms with E-state index in [4.69, 9.17) is 0 Å². The Balaban J connectivity index is 2.10. The Morgan fingerprint density at radius 3 is 2.79 bits per heavy atom. The predicted octanol–water partition coefficient (Wildman–Crippen LogP) is 3.42. The van der Waals surface area contributed by atoms with Crippen LogP contribution < -0.4 is 5.32 Å². The number of benzene rings is 1. The maximum Gasteiger partial charge on any atom is 0.127 e. The van der Waals surface area contributed by atoms with E-state index in [0.717, 1.165) is 29.7 Å². The topological polar surface area (TPSA) is 24.9 Å². The van der Waals surface area contributed by atoms with Crippen LogP contribution in [0.5, 0.6) is 0 Å². The highest BCUT2D eigenvalue weighted by atomic mass is 19.1. The van der Waals surface area contributed by atoms with Gasteiger partial charge in [-0.15, -0.1) is 0 Å². The van der Waals surface area contributed by atoms with E-state index < -0.39 is 0 Å². The molecule has 0 bridgehead atoms. The molecule has 0 aliphatic heterocycles. The molecule has 1 unspecified atom stereocenters. The van der Waals surface area contributed by atoms with Gasteiger partial charge in [-0.25, -0.2) is 4.39 Å². The first-order chi connectivity index (χ1) is 9.20. The van der Waals surface area contributed by atoms with Crippen LogP contribution in [0.2, 0.25) is 0 Å². The van der Waals surface area contributed by atoms with Crippen molar-refractivity contribution in [3.05, 3.63) is 65.2 Å². The van der Waals surface area contributed by atoms with E-state index >= 15 is 0 Å². The van der Waals surface area contributed by atoms with Gasteiger partial charge in [-0.3, -0.25) is 4.98 Å². The van der Waals surface area contributed by atoms with E-state index in [1.807, 2.05) is 38.2 Å². The molecular formula is C16H19FN2. The molecule has 2 rings (SSSR count). The Labute approximate surface area is 113 Å². The minimum absolute atomic E-state index is 0.0157. The summed E-state index contributed by atoms with van der Waals surface area (Å²) in [7, 11) is 1.87. The molecule has 0 radical (unpaired) electrons. The van der Waals surface area contributed by atoms with Gasteiger partial charge in [0.1, 0.15) is 5.82 Å². The van der Waals surface area contributed by atoms with Crippen molar-refractivity contribution in [3.63, 3.8) is 0 Å². The van der Waals surface area contributed by atoms with Crippen molar-refractivity contribution < 1.29 is 4.39 Å². The van der Waals surface area contributed by atoms with Crippen LogP contribution >= 0.6 is 0 Å². The molecule has 1 N–H and O–H groups in total. The predicted molar refractivity (Wildman–Crippen MR) is 75.5 cm³/mol. The van der Waals surface area contributed by atoms with E-state index in [9.17, 15) is 4.39 Å². The third-order valence-corrected chi connectivity index (χ3v) is 3.29. The Hall–Kier alpha value is -1.74. The van der Waals surface area contributed by atoms with Crippen LogP contribution in [-0.2, 0) is 6.42 Å². The summed E-state index contributed by atoms with van der Waals surface area (Å²) >= 11 is 0. The molecule has 1 aromatic heterocycles. The van der Waals surface area contributed by atoms with Gasteiger partial charge in [0.15, 0.2) is 0 Å². The van der Waals surface area contributed by atoms with Crippen molar-refractivity contribution in [1.82, 2.24) is 10.3 Å². The van der Waals surface area contributed by atoms with Gasteiger partial charge in [0.2, 0.25) is 0 Å². The van der Waals surface area contributed by atoms with Gasteiger partial charge in [-0.2, -0.15) is 0 Å². The number of halogens is 1. The first kappa shape index (κ1) is 13.7. The Bertz CT molecular complexity index is 526. The molecule has 0 saturated carbocycles. The molecule has 0 aliphatic carbocycles. The van der Waals surface area contributed by atoms with E-state index in [-0.39, 0.29) is 11.9 Å². The zero-order valence-electron chi connectivity index (χ0n) is 11.4. The van der Waals surface area contributed by atoms with Gasteiger partial charge in [-0.1, -0.05) is 23.8 Å². The number of nitrogens with zero attached hydrogens (tertiary/aromatic N) is 1. The van der Waals surface area contributed by atoms with Crippen molar-refractivity contribution in [2.24, 2.45) is 0 Å². The fraction of sp³-hybridized carbons (Fsp3) is 0.312. The largest absolute Gasteiger partial charge is 0.313 e. The highest BCUT2D eigenvalue weighted by molar-refractivity contribution is 5.27. The highest BCUT2D eigenvalue weighted by Crippen LogP contribution is 2.22. The Morgan fingerprint density at radius 2 is 2.11 bits per heavy atom. The third-order valence-electron chi connectivity index (χ3n) is 3.29. The molecule has 0 aliphatic rings. The van der Waals surface area contributed by atoms with Gasteiger partial charge >= 0.3 is 0 Å². The van der Waals surface area contributed by atoms with Crippen LogP contribution in [0.25, 0.3) is 0 Å². The fourth-order valence-electron chi connectivity index (χ4n) is 2.22. The lowest BCUT2D eigenvalue weighted by atomic mass is 9.99. The minimum atomic E-state index is -0.147. The first-order valence-electron chi connectivity index (χ1n) is 6.54. The zero-order valence-corrected chi connectivity index (χ0v) is 11.4. The van der Waals surface area contributed by atoms with Crippen LogP contribution in [0.3, 0.4) is 0 Å². The molecule has 100 valence electrons. The molecule has 1 atom stereocenters. The molecule has 0 amide bonds. The van der Waals surface area contributed by atoms with E-state index in [0.29, 0.717) is 0 Å². The van der Waals surface area contributed by atoms with Crippen molar-refractivity contribution in [3.8, 4) is 0 Å². The van der Waals surface area contributed by atoms with Gasteiger partial charge in [0, 0.05) is 23.5 Å². The molecule has 0 spiro atoms. The summed E-state index contributed by atoms with van der Waals surface area (Å²) in [5.41, 5.74) is 2.85. The summed E-state index contributed by atoms with van der Waals surface area (Å²) in [6, 6.07) is 11.1. The average molecular weight is 258 g/mol. The molecule has 3 heteroatoms. The number of aryl methyl sites for hydroxylation is 2. The molecule has 2 nitrogen and oxygen atoms in total. The van der Waals surface area contributed by atoms with Crippen molar-refractivity contribution in [2.45, 2.75) is 25.8 Å². The normalized spacial score (nSPS) is 12.4. The van der Waals surface area contributed by atoms with Crippen molar-refractivity contribution >= 4 is 0 Å². The summed E-state index contributed by atoms with van der Waals surface area (Å²) in [5.74, 6) is -0.147. The molecule has 19 heavy (non-hydrogen) atoms. The molecule has 0 fully saturated rings. The lowest BCUT2D eigenvalue weighted by Gasteiger charge is -2.17. The van der Waals surface area contributed by atoms with E-state index in [1.165, 1.54) is 6.07 Å². The second-order valence-corrected chi connectivity index (χ2v) is 4.73. The number of nitrogens with one attached hydrogen (secondary N) is 1. The van der Waals surface area contributed by atoms with Crippen LogP contribution in [0.15, 0.2) is 42.6 Å². The quantitative estimate of drug-likeness (QED) is 0.888. The fourth-order valence-corrected chi connectivity index (χ4v) is 2.22. The van der Waals surface area contributed by atoms with Gasteiger partial charge in [0.25, 0.3) is 0 Å². The van der Waals surface area contributed by atoms with Crippen LogP contribution in [0.4, 0.5) is 4.39 Å². The Kier molecular flexibility index (Phi) is 4.63. The van der Waals surface area contributed by atoms with Crippen molar-refractivity contribution in [1.29, 1.82) is 0 Å². The third kappa shape index (κ3) is 3.61. The molecule has 0 saturated heterocycles. The summed E-state index contributed by atoms with van der Waals surface area (Å²) < 4.78 is 13.9. The van der Waals surface area contributed by atoms with E-state index in [1.54, 1.807) is 12.3 Å². The van der Waals surface area contributed by atoms with Gasteiger partial charge in [0.05, 0.1) is 0 Å². The maximum absolute atomic E-state index is 13.9. The Morgan fingerprint density at radius 1 is 1.26 bits per heavy atom. The highest BCUT2D eigenvalue weighted by Gasteiger charge is 2.14. The summed E-state index contributed by atoms with van der Waals surface area (Å²) in [5, 5.41) is 3.19. The molecule has 2 aromatic rings. The number of hydrogen-bond acceptors (Lipinski definition) is 2. The summed E-state index contributed by atoms with van der Waals surface area (Å²) in [4.78, 5) is 4.30. The van der Waals surface area contributed by atoms with Gasteiger partial charge < -0.3 is 5.32 Å². The minimum Gasteiger partial charge on any atom is -0.313 e. The lowest BCUT2D eigenvalue weighted by Crippen LogP contribution is -2.18. The van der Waals surface area contributed by atoms with E-state index in [2.05, 4.69) is 10.3 Å². The molecule has 1 heterocycles. The second kappa shape index (κ2) is 6.43. The number of hydrogen-bond donors (Lipinski definition) is 1. The average Bonchev–Trinajstić information content (AvgIpc) is 2.44. The number of aromatic nitrogens is 1. The monoisotopic (exact) mass is 258 g/mol. The van der Waals surface area contributed by atoms with Crippen LogP contribution in [0, 0.1) is 12.7 Å². The van der Waals surface area contributed by atoms with Crippen LogP contribution in [0.1, 0.15) is 29.3 Å². The number of rotatable bonds is 5. The number of pyridine rings is 1. The summed E-state index contributed by atoms with van der Waals surface area (Å²) in [6.07, 6.45) is 3.45. The smallest absolute Gasteiger partial charge is 0.127 e. The summed E-state index contributed by atoms with van der Waals surface area (Å²) in [6.45, 7) is 1.98. The standard InChI is InChI=1S/C16H19FN2/c1-12-6-8-15(17)14(11-12)16(18-2)9-7-13-5-3-4-10-19-13/h3-6,8,10-11,16,18H,7,9H2,1-2H3. The maximum atomic E-state index is 13.9. The van der Waals surface area contributed by atoms with Crippen LogP contribution in [-0.4, -0.2) is 12.0 Å². The SMILES string of the molecule is CNC(CCc1ccccn1)c1cc(C)ccc1F. The molecular weight excluding hydrogens is 239 g/mol. The second-order valence-electron chi connectivity index (χ2n) is 4.73. The zero-order chi connectivity index (χ0) is 13.7. The molecule has 1 aromatic carbocycles. The lowest BCUT2D eigenvalue weighted by molar-refractivity contribution is 0.506. The van der Waals surface area contributed by atoms with Crippen molar-refractivity contribution in [2.75, 3.05) is 7.05 Å².